The molecule has 3 aliphatic rings. The summed E-state index contributed by atoms with van der Waals surface area (Å²) in [5.74, 6) is 0.332. The Bertz CT molecular complexity index is 1490. The van der Waals surface area contributed by atoms with Crippen molar-refractivity contribution in [2.75, 3.05) is 12.8 Å². The molecule has 3 amide bonds. The monoisotopic (exact) mass is 652 g/mol. The average molecular weight is 653 g/mol. The third-order valence-electron chi connectivity index (χ3n) is 10.6. The number of hydrogen-bond acceptors (Lipinski definition) is 5. The highest BCUT2D eigenvalue weighted by atomic mass is 32.2. The van der Waals surface area contributed by atoms with Crippen LogP contribution in [-0.4, -0.2) is 58.9 Å². The Kier molecular flexibility index (Phi) is 10.7. The van der Waals surface area contributed by atoms with Gasteiger partial charge in [-0.3, -0.25) is 14.4 Å². The van der Waals surface area contributed by atoms with E-state index in [0.29, 0.717) is 6.42 Å². The van der Waals surface area contributed by atoms with Crippen LogP contribution >= 0.6 is 11.8 Å². The second kappa shape index (κ2) is 15.1. The van der Waals surface area contributed by atoms with Gasteiger partial charge in [-0.2, -0.15) is 0 Å². The number of likely N-dealkylation sites (N-methyl/N-ethyl adjacent to an activating group) is 1. The van der Waals surface area contributed by atoms with Crippen LogP contribution < -0.4 is 16.0 Å². The van der Waals surface area contributed by atoms with Crippen LogP contribution in [0.5, 0.6) is 0 Å². The molecule has 5 atom stereocenters. The summed E-state index contributed by atoms with van der Waals surface area (Å²) in [7, 11) is 1.74. The molecule has 2 saturated heterocycles. The number of nitrogens with one attached hydrogen (secondary N) is 3. The Morgan fingerprint density at radius 2 is 1.51 bits per heavy atom. The molecule has 3 aromatic rings. The van der Waals surface area contributed by atoms with Crippen molar-refractivity contribution in [1.82, 2.24) is 20.9 Å². The average Bonchev–Trinajstić information content (AvgIpc) is 3.36. The van der Waals surface area contributed by atoms with E-state index in [2.05, 4.69) is 82.7 Å². The first-order valence-corrected chi connectivity index (χ1v) is 18.3. The maximum absolute atomic E-state index is 14.9. The van der Waals surface area contributed by atoms with Crippen LogP contribution in [-0.2, 0) is 33.6 Å². The standard InChI is InChI=1S/C39H48N4O3S/c1-27(40-2)36(44)42-33-22-25-47-34-26-39(23-20-28-12-5-3-6-13-28,24-21-29-14-7-4-8-15-29)35(43(34)38(33)46)37(45)41-32-19-11-17-30-16-9-10-18-31(30)32/h3-10,12-16,18,27,32-35,40H,11,17,19-26H2,1-2H3,(H,41,45)(H,42,44)/t27-,32?,33-,34-,35?/m0/s1. The fourth-order valence-corrected chi connectivity index (χ4v) is 9.33. The van der Waals surface area contributed by atoms with Crippen molar-refractivity contribution in [2.45, 2.75) is 94.3 Å². The van der Waals surface area contributed by atoms with Gasteiger partial charge in [-0.25, -0.2) is 0 Å². The molecule has 3 N–H and O–H groups in total. The van der Waals surface area contributed by atoms with Crippen molar-refractivity contribution in [3.63, 3.8) is 0 Å². The summed E-state index contributed by atoms with van der Waals surface area (Å²) in [5, 5.41) is 9.37. The van der Waals surface area contributed by atoms with Gasteiger partial charge in [0.15, 0.2) is 0 Å². The first-order chi connectivity index (χ1) is 22.9. The lowest BCUT2D eigenvalue weighted by Gasteiger charge is -2.40. The molecule has 3 aromatic carbocycles. The van der Waals surface area contributed by atoms with Crippen molar-refractivity contribution in [3.8, 4) is 0 Å². The Balaban J connectivity index is 1.38. The number of carbonyl (C=O) groups excluding carboxylic acids is 3. The molecular formula is C39H48N4O3S. The second-order valence-electron chi connectivity index (χ2n) is 13.5. The van der Waals surface area contributed by atoms with E-state index in [9.17, 15) is 14.4 Å². The Morgan fingerprint density at radius 1 is 0.872 bits per heavy atom. The van der Waals surface area contributed by atoms with Crippen LogP contribution in [0, 0.1) is 5.41 Å². The third kappa shape index (κ3) is 7.44. The van der Waals surface area contributed by atoms with Gasteiger partial charge < -0.3 is 20.9 Å². The number of nitrogens with zero attached hydrogens (tertiary/aromatic N) is 1. The van der Waals surface area contributed by atoms with Crippen LogP contribution in [0.1, 0.15) is 73.7 Å². The predicted octanol–water partition coefficient (Wildman–Crippen LogP) is 5.59. The zero-order chi connectivity index (χ0) is 32.8. The normalized spacial score (nSPS) is 24.0. The Morgan fingerprint density at radius 3 is 2.17 bits per heavy atom. The number of carbonyl (C=O) groups is 3. The Labute approximate surface area is 283 Å². The van der Waals surface area contributed by atoms with Crippen molar-refractivity contribution in [1.29, 1.82) is 0 Å². The zero-order valence-corrected chi connectivity index (χ0v) is 28.4. The van der Waals surface area contributed by atoms with Crippen molar-refractivity contribution in [2.24, 2.45) is 5.41 Å². The van der Waals surface area contributed by atoms with E-state index in [4.69, 9.17) is 0 Å². The number of hydrogen-bond donors (Lipinski definition) is 3. The number of amides is 3. The van der Waals surface area contributed by atoms with Gasteiger partial charge in [0.1, 0.15) is 12.1 Å². The summed E-state index contributed by atoms with van der Waals surface area (Å²) in [4.78, 5) is 44.5. The minimum atomic E-state index is -0.666. The molecule has 8 heteroatoms. The maximum Gasteiger partial charge on any atom is 0.246 e. The molecule has 2 fully saturated rings. The molecule has 47 heavy (non-hydrogen) atoms. The fraction of sp³-hybridized carbons (Fsp3) is 0.462. The van der Waals surface area contributed by atoms with Gasteiger partial charge in [-0.15, -0.1) is 11.8 Å². The third-order valence-corrected chi connectivity index (χ3v) is 11.9. The minimum absolute atomic E-state index is 0.0696. The molecular weight excluding hydrogens is 605 g/mol. The van der Waals surface area contributed by atoms with Gasteiger partial charge >= 0.3 is 0 Å². The SMILES string of the molecule is CN[C@@H](C)C(=O)N[C@H]1CCS[C@H]2CC(CCc3ccccc3)(CCc3ccccc3)C(C(=O)NC3CCCc4ccccc43)N2C1=O. The molecule has 1 aliphatic carbocycles. The molecule has 2 unspecified atom stereocenters. The van der Waals surface area contributed by atoms with Gasteiger partial charge in [0.05, 0.1) is 17.5 Å². The molecule has 2 heterocycles. The van der Waals surface area contributed by atoms with Crippen LogP contribution in [0.25, 0.3) is 0 Å². The van der Waals surface area contributed by atoms with Crippen LogP contribution in [0.4, 0.5) is 0 Å². The van der Waals surface area contributed by atoms with E-state index in [1.807, 2.05) is 23.1 Å². The summed E-state index contributed by atoms with van der Waals surface area (Å²) in [6.45, 7) is 1.79. The first kappa shape index (κ1) is 33.3. The smallest absolute Gasteiger partial charge is 0.246 e. The van der Waals surface area contributed by atoms with Crippen LogP contribution in [0.15, 0.2) is 84.9 Å². The number of fused-ring (bicyclic) bond motifs is 2. The fourth-order valence-electron chi connectivity index (χ4n) is 7.85. The van der Waals surface area contributed by atoms with E-state index in [0.717, 1.165) is 57.1 Å². The first-order valence-electron chi connectivity index (χ1n) is 17.3. The molecule has 0 spiro atoms. The van der Waals surface area contributed by atoms with Gasteiger partial charge in [-0.1, -0.05) is 84.9 Å². The lowest BCUT2D eigenvalue weighted by Crippen LogP contribution is -2.59. The number of rotatable bonds is 11. The highest BCUT2D eigenvalue weighted by molar-refractivity contribution is 7.99. The molecule has 2 aliphatic heterocycles. The van der Waals surface area contributed by atoms with E-state index in [1.54, 1.807) is 25.7 Å². The summed E-state index contributed by atoms with van der Waals surface area (Å²) >= 11 is 1.76. The lowest BCUT2D eigenvalue weighted by molar-refractivity contribution is -0.144. The molecule has 248 valence electrons. The number of aryl methyl sites for hydroxylation is 3. The largest absolute Gasteiger partial charge is 0.347 e. The molecule has 0 saturated carbocycles. The molecule has 7 nitrogen and oxygen atoms in total. The zero-order valence-electron chi connectivity index (χ0n) is 27.6. The second-order valence-corrected chi connectivity index (χ2v) is 14.8. The maximum atomic E-state index is 14.9. The number of benzene rings is 3. The van der Waals surface area contributed by atoms with Crippen molar-refractivity contribution in [3.05, 3.63) is 107 Å². The lowest BCUT2D eigenvalue weighted by atomic mass is 9.71. The van der Waals surface area contributed by atoms with E-state index in [-0.39, 0.29) is 29.1 Å². The van der Waals surface area contributed by atoms with Gasteiger partial charge in [0.25, 0.3) is 0 Å². The van der Waals surface area contributed by atoms with Gasteiger partial charge in [-0.05, 0) is 99.8 Å². The number of thioether (sulfide) groups is 1. The molecule has 0 radical (unpaired) electrons. The van der Waals surface area contributed by atoms with E-state index >= 15 is 0 Å². The van der Waals surface area contributed by atoms with Crippen molar-refractivity contribution >= 4 is 29.5 Å². The summed E-state index contributed by atoms with van der Waals surface area (Å²) < 4.78 is 0. The minimum Gasteiger partial charge on any atom is -0.347 e. The molecule has 0 aromatic heterocycles. The molecule has 6 rings (SSSR count). The van der Waals surface area contributed by atoms with Crippen molar-refractivity contribution < 1.29 is 14.4 Å². The summed E-state index contributed by atoms with van der Waals surface area (Å²) in [6.07, 6.45) is 7.42. The van der Waals surface area contributed by atoms with E-state index in [1.165, 1.54) is 22.3 Å². The summed E-state index contributed by atoms with van der Waals surface area (Å²) in [6, 6.07) is 27.5. The van der Waals surface area contributed by atoms with E-state index < -0.39 is 23.5 Å². The quantitative estimate of drug-likeness (QED) is 0.252. The predicted molar refractivity (Wildman–Crippen MR) is 189 cm³/mol. The van der Waals surface area contributed by atoms with Gasteiger partial charge in [0, 0.05) is 5.41 Å². The molecule has 0 bridgehead atoms. The van der Waals surface area contributed by atoms with Crippen LogP contribution in [0.2, 0.25) is 0 Å². The van der Waals surface area contributed by atoms with Gasteiger partial charge in [0.2, 0.25) is 17.7 Å². The topological polar surface area (TPSA) is 90.5 Å². The highest BCUT2D eigenvalue weighted by Crippen LogP contribution is 2.52. The highest BCUT2D eigenvalue weighted by Gasteiger charge is 2.58. The Hall–Kier alpha value is -3.62. The summed E-state index contributed by atoms with van der Waals surface area (Å²) in [5.41, 5.74) is 4.50. The van der Waals surface area contributed by atoms with Crippen LogP contribution in [0.3, 0.4) is 0 Å².